The molecule has 3 rings (SSSR count). The zero-order valence-corrected chi connectivity index (χ0v) is 13.5. The van der Waals surface area contributed by atoms with Gasteiger partial charge in [0.15, 0.2) is 5.58 Å². The maximum absolute atomic E-state index is 12.0. The molecule has 1 unspecified atom stereocenters. The van der Waals surface area contributed by atoms with E-state index in [1.165, 1.54) is 4.57 Å². The highest BCUT2D eigenvalue weighted by atomic mass is 16.4. The number of aliphatic hydroxyl groups is 1. The predicted octanol–water partition coefficient (Wildman–Crippen LogP) is 1.63. The van der Waals surface area contributed by atoms with E-state index in [1.54, 1.807) is 18.2 Å². The van der Waals surface area contributed by atoms with Crippen molar-refractivity contribution in [3.05, 3.63) is 70.7 Å². The van der Waals surface area contributed by atoms with Gasteiger partial charge in [0.1, 0.15) is 0 Å². The smallest absolute Gasteiger partial charge is 0.408 e. The highest BCUT2D eigenvalue weighted by Gasteiger charge is 2.13. The summed E-state index contributed by atoms with van der Waals surface area (Å²) in [5, 5.41) is 14.8. The lowest BCUT2D eigenvalue weighted by atomic mass is 10.1. The first-order valence-corrected chi connectivity index (χ1v) is 7.97. The second-order valence-electron chi connectivity index (χ2n) is 5.53. The average molecular weight is 341 g/mol. The van der Waals surface area contributed by atoms with Gasteiger partial charge in [-0.15, -0.1) is 0 Å². The van der Waals surface area contributed by atoms with Crippen LogP contribution in [0.15, 0.2) is 63.8 Å². The number of para-hydroxylation sites is 2. The number of nitrogens with zero attached hydrogens (tertiary/aromatic N) is 1. The van der Waals surface area contributed by atoms with Crippen molar-refractivity contribution in [2.45, 2.75) is 12.6 Å². The maximum atomic E-state index is 12.0. The number of urea groups is 1. The highest BCUT2D eigenvalue weighted by molar-refractivity contribution is 5.74. The number of carbonyl (C=O) groups excluding carboxylic acids is 1. The fraction of sp³-hybridized carbons (Fsp3) is 0.222. The molecule has 0 aliphatic carbocycles. The first kappa shape index (κ1) is 16.8. The predicted molar refractivity (Wildman–Crippen MR) is 93.3 cm³/mol. The number of rotatable bonds is 6. The van der Waals surface area contributed by atoms with Gasteiger partial charge in [-0.3, -0.25) is 4.57 Å². The molecule has 2 aromatic carbocycles. The van der Waals surface area contributed by atoms with Crippen molar-refractivity contribution in [2.75, 3.05) is 13.2 Å². The van der Waals surface area contributed by atoms with Gasteiger partial charge in [0.25, 0.3) is 0 Å². The third kappa shape index (κ3) is 3.89. The third-order valence-electron chi connectivity index (χ3n) is 3.88. The van der Waals surface area contributed by atoms with Crippen LogP contribution in [0.1, 0.15) is 11.6 Å². The number of carbonyl (C=O) groups is 1. The summed E-state index contributed by atoms with van der Waals surface area (Å²) in [4.78, 5) is 23.9. The Bertz CT molecular complexity index is 901. The van der Waals surface area contributed by atoms with Gasteiger partial charge >= 0.3 is 11.8 Å². The summed E-state index contributed by atoms with van der Waals surface area (Å²) >= 11 is 0. The summed E-state index contributed by atoms with van der Waals surface area (Å²) in [5.41, 5.74) is 2.02. The molecule has 0 fully saturated rings. The molecule has 0 radical (unpaired) electrons. The van der Waals surface area contributed by atoms with Gasteiger partial charge in [0.05, 0.1) is 18.2 Å². The number of aliphatic hydroxyl groups excluding tert-OH is 1. The second-order valence-corrected chi connectivity index (χ2v) is 5.53. The topological polar surface area (TPSA) is 96.5 Å². The number of fused-ring (bicyclic) bond motifs is 1. The summed E-state index contributed by atoms with van der Waals surface area (Å²) in [6.07, 6.45) is 0. The maximum Gasteiger partial charge on any atom is 0.420 e. The van der Waals surface area contributed by atoms with E-state index in [4.69, 9.17) is 4.42 Å². The molecule has 2 amide bonds. The quantitative estimate of drug-likeness (QED) is 0.635. The summed E-state index contributed by atoms with van der Waals surface area (Å²) < 4.78 is 6.61. The van der Waals surface area contributed by atoms with Crippen LogP contribution in [0.25, 0.3) is 11.1 Å². The van der Waals surface area contributed by atoms with E-state index < -0.39 is 17.8 Å². The minimum absolute atomic E-state index is 0.205. The van der Waals surface area contributed by atoms with E-state index in [0.717, 1.165) is 5.56 Å². The number of hydrogen-bond donors (Lipinski definition) is 3. The molecule has 7 heteroatoms. The fourth-order valence-electron chi connectivity index (χ4n) is 2.64. The molecule has 3 aromatic rings. The van der Waals surface area contributed by atoms with Crippen LogP contribution in [0.2, 0.25) is 0 Å². The zero-order chi connectivity index (χ0) is 17.6. The van der Waals surface area contributed by atoms with Gasteiger partial charge in [-0.2, -0.15) is 0 Å². The van der Waals surface area contributed by atoms with Crippen LogP contribution in [0.5, 0.6) is 0 Å². The van der Waals surface area contributed by atoms with Gasteiger partial charge in [0.2, 0.25) is 0 Å². The van der Waals surface area contributed by atoms with E-state index in [2.05, 4.69) is 10.6 Å². The Balaban J connectivity index is 1.57. The number of amides is 2. The lowest BCUT2D eigenvalue weighted by molar-refractivity contribution is 0.216. The Labute approximate surface area is 143 Å². The lowest BCUT2D eigenvalue weighted by Gasteiger charge is -2.17. The van der Waals surface area contributed by atoms with Crippen LogP contribution >= 0.6 is 0 Å². The van der Waals surface area contributed by atoms with Crippen molar-refractivity contribution < 1.29 is 14.3 Å². The van der Waals surface area contributed by atoms with Crippen molar-refractivity contribution in [3.8, 4) is 0 Å². The normalized spacial score (nSPS) is 12.0. The van der Waals surface area contributed by atoms with Crippen LogP contribution in [0.3, 0.4) is 0 Å². The number of nitrogens with one attached hydrogen (secondary N) is 2. The standard InChI is InChI=1S/C18H19N3O4/c22-12-14(13-6-2-1-3-7-13)20-17(23)19-10-11-21-15-8-4-5-9-16(15)25-18(21)24/h1-9,14,22H,10-12H2,(H2,19,20,23). The summed E-state index contributed by atoms with van der Waals surface area (Å²) in [5.74, 6) is -0.457. The number of aromatic nitrogens is 1. The van der Waals surface area contributed by atoms with E-state index in [-0.39, 0.29) is 13.2 Å². The van der Waals surface area contributed by atoms with Crippen molar-refractivity contribution in [2.24, 2.45) is 0 Å². The molecule has 3 N–H and O–H groups in total. The lowest BCUT2D eigenvalue weighted by Crippen LogP contribution is -2.40. The molecular formula is C18H19N3O4. The minimum atomic E-state index is -0.487. The summed E-state index contributed by atoms with van der Waals surface area (Å²) in [6.45, 7) is 0.337. The van der Waals surface area contributed by atoms with Crippen molar-refractivity contribution >= 4 is 17.1 Å². The van der Waals surface area contributed by atoms with Crippen molar-refractivity contribution in [3.63, 3.8) is 0 Å². The van der Waals surface area contributed by atoms with E-state index in [0.29, 0.717) is 17.6 Å². The van der Waals surface area contributed by atoms with Gasteiger partial charge in [-0.05, 0) is 17.7 Å². The number of hydrogen-bond acceptors (Lipinski definition) is 4. The van der Waals surface area contributed by atoms with Gasteiger partial charge in [0, 0.05) is 13.1 Å². The Morgan fingerprint density at radius 2 is 1.84 bits per heavy atom. The van der Waals surface area contributed by atoms with Crippen LogP contribution in [-0.4, -0.2) is 28.9 Å². The van der Waals surface area contributed by atoms with Gasteiger partial charge in [-0.1, -0.05) is 42.5 Å². The molecule has 1 heterocycles. The Hall–Kier alpha value is -3.06. The molecule has 0 saturated heterocycles. The number of oxazole rings is 1. The summed E-state index contributed by atoms with van der Waals surface area (Å²) in [7, 11) is 0. The Kier molecular flexibility index (Phi) is 5.15. The van der Waals surface area contributed by atoms with E-state index >= 15 is 0 Å². The van der Waals surface area contributed by atoms with Crippen LogP contribution in [0, 0.1) is 0 Å². The molecule has 130 valence electrons. The largest absolute Gasteiger partial charge is 0.420 e. The Morgan fingerprint density at radius 3 is 2.60 bits per heavy atom. The summed E-state index contributed by atoms with van der Waals surface area (Å²) in [6, 6.07) is 15.4. The molecule has 1 aromatic heterocycles. The monoisotopic (exact) mass is 341 g/mol. The van der Waals surface area contributed by atoms with Crippen molar-refractivity contribution in [1.82, 2.24) is 15.2 Å². The van der Waals surface area contributed by atoms with Crippen LogP contribution < -0.4 is 16.4 Å². The third-order valence-corrected chi connectivity index (χ3v) is 3.88. The minimum Gasteiger partial charge on any atom is -0.408 e. The van der Waals surface area contributed by atoms with Crippen LogP contribution in [-0.2, 0) is 6.54 Å². The van der Waals surface area contributed by atoms with Crippen molar-refractivity contribution in [1.29, 1.82) is 0 Å². The second kappa shape index (κ2) is 7.67. The molecule has 0 aliphatic heterocycles. The van der Waals surface area contributed by atoms with Crippen LogP contribution in [0.4, 0.5) is 4.79 Å². The van der Waals surface area contributed by atoms with Gasteiger partial charge < -0.3 is 20.2 Å². The number of benzene rings is 2. The zero-order valence-electron chi connectivity index (χ0n) is 13.5. The first-order valence-electron chi connectivity index (χ1n) is 7.97. The fourth-order valence-corrected chi connectivity index (χ4v) is 2.64. The first-order chi connectivity index (χ1) is 12.2. The molecule has 0 aliphatic rings. The molecule has 25 heavy (non-hydrogen) atoms. The molecule has 0 saturated carbocycles. The molecular weight excluding hydrogens is 322 g/mol. The molecule has 0 spiro atoms. The van der Waals surface area contributed by atoms with Gasteiger partial charge in [-0.25, -0.2) is 9.59 Å². The molecule has 0 bridgehead atoms. The average Bonchev–Trinajstić information content (AvgIpc) is 2.96. The Morgan fingerprint density at radius 1 is 1.12 bits per heavy atom. The highest BCUT2D eigenvalue weighted by Crippen LogP contribution is 2.12. The molecule has 7 nitrogen and oxygen atoms in total. The molecule has 1 atom stereocenters. The SMILES string of the molecule is O=C(NCCn1c(=O)oc2ccccc21)NC(CO)c1ccccc1. The van der Waals surface area contributed by atoms with E-state index in [9.17, 15) is 14.7 Å². The van der Waals surface area contributed by atoms with E-state index in [1.807, 2.05) is 36.4 Å².